The molecule has 1 saturated heterocycles. The Balaban J connectivity index is 1.87. The fraction of sp³-hybridized carbons (Fsp3) is 0.263. The lowest BCUT2D eigenvalue weighted by molar-refractivity contribution is -0.117. The monoisotopic (exact) mass is 402 g/mol. The Kier molecular flexibility index (Phi) is 4.85. The van der Waals surface area contributed by atoms with Crippen molar-refractivity contribution >= 4 is 45.7 Å². The van der Waals surface area contributed by atoms with E-state index >= 15 is 0 Å². The predicted molar refractivity (Wildman–Crippen MR) is 105 cm³/mol. The molecule has 1 aliphatic heterocycles. The normalized spacial score (nSPS) is 14.2. The van der Waals surface area contributed by atoms with Gasteiger partial charge in [0.25, 0.3) is 0 Å². The minimum Gasteiger partial charge on any atom is -0.497 e. The summed E-state index contributed by atoms with van der Waals surface area (Å²) in [4.78, 5) is 17.9. The highest BCUT2D eigenvalue weighted by atomic mass is 35.5. The Morgan fingerprint density at radius 3 is 2.59 bits per heavy atom. The lowest BCUT2D eigenvalue weighted by Gasteiger charge is -2.18. The van der Waals surface area contributed by atoms with E-state index in [1.807, 2.05) is 18.2 Å². The van der Waals surface area contributed by atoms with Crippen LogP contribution in [0.4, 0.5) is 5.82 Å². The van der Waals surface area contributed by atoms with Crippen LogP contribution in [0.15, 0.2) is 30.6 Å². The van der Waals surface area contributed by atoms with Gasteiger partial charge in [-0.1, -0.05) is 23.2 Å². The average molecular weight is 403 g/mol. The Labute approximate surface area is 166 Å². The summed E-state index contributed by atoms with van der Waals surface area (Å²) in [6.45, 7) is 0.640. The van der Waals surface area contributed by atoms with Crippen molar-refractivity contribution in [1.29, 1.82) is 0 Å². The number of rotatable bonds is 4. The summed E-state index contributed by atoms with van der Waals surface area (Å²) in [5.74, 6) is 1.30. The first-order valence-corrected chi connectivity index (χ1v) is 9.25. The van der Waals surface area contributed by atoms with E-state index in [4.69, 9.17) is 27.9 Å². The third kappa shape index (κ3) is 3.31. The van der Waals surface area contributed by atoms with Gasteiger partial charge in [-0.25, -0.2) is 0 Å². The van der Waals surface area contributed by atoms with Crippen molar-refractivity contribution in [2.24, 2.45) is 0 Å². The third-order valence-corrected chi connectivity index (χ3v) is 5.32. The molecule has 0 radical (unpaired) electrons. The molecule has 1 fully saturated rings. The molecule has 138 valence electrons. The van der Waals surface area contributed by atoms with Crippen molar-refractivity contribution in [3.05, 3.63) is 51.9 Å². The molecule has 3 heterocycles. The number of aromatic nitrogens is 3. The van der Waals surface area contributed by atoms with Crippen molar-refractivity contribution in [1.82, 2.24) is 15.2 Å². The minimum absolute atomic E-state index is 0.0568. The van der Waals surface area contributed by atoms with E-state index < -0.39 is 0 Å². The Bertz CT molecular complexity index is 1020. The van der Waals surface area contributed by atoms with E-state index in [0.717, 1.165) is 28.5 Å². The molecule has 0 aliphatic carbocycles. The zero-order chi connectivity index (χ0) is 19.0. The van der Waals surface area contributed by atoms with Gasteiger partial charge in [0.15, 0.2) is 5.82 Å². The lowest BCUT2D eigenvalue weighted by Crippen LogP contribution is -2.25. The van der Waals surface area contributed by atoms with Crippen molar-refractivity contribution < 1.29 is 9.53 Å². The van der Waals surface area contributed by atoms with Gasteiger partial charge in [-0.15, -0.1) is 5.10 Å². The van der Waals surface area contributed by atoms with E-state index in [9.17, 15) is 4.79 Å². The van der Waals surface area contributed by atoms with E-state index in [1.165, 1.54) is 0 Å². The highest BCUT2D eigenvalue weighted by Gasteiger charge is 2.26. The Hall–Kier alpha value is -2.44. The molecule has 0 unspecified atom stereocenters. The summed E-state index contributed by atoms with van der Waals surface area (Å²) < 4.78 is 5.36. The van der Waals surface area contributed by atoms with Gasteiger partial charge >= 0.3 is 0 Å². The molecule has 1 aromatic carbocycles. The van der Waals surface area contributed by atoms with E-state index in [1.54, 1.807) is 24.4 Å². The maximum Gasteiger partial charge on any atom is 0.228 e. The number of fused-ring (bicyclic) bond motifs is 1. The number of halogens is 2. The van der Waals surface area contributed by atoms with Crippen LogP contribution in [0.1, 0.15) is 24.1 Å². The number of carbonyl (C=O) groups is 1. The van der Waals surface area contributed by atoms with Crippen LogP contribution in [0.25, 0.3) is 10.8 Å². The number of benzene rings is 1. The van der Waals surface area contributed by atoms with Crippen LogP contribution in [0, 0.1) is 0 Å². The highest BCUT2D eigenvalue weighted by molar-refractivity contribution is 6.35. The molecule has 6 nitrogen and oxygen atoms in total. The fourth-order valence-corrected chi connectivity index (χ4v) is 3.78. The number of methoxy groups -OCH3 is 1. The molecule has 0 spiro atoms. The first-order valence-electron chi connectivity index (χ1n) is 8.50. The molecule has 8 heteroatoms. The number of carbonyl (C=O) groups excluding carboxylic acids is 1. The number of nitrogens with zero attached hydrogens (tertiary/aromatic N) is 4. The number of ether oxygens (including phenoxy) is 1. The number of hydrogen-bond acceptors (Lipinski definition) is 5. The van der Waals surface area contributed by atoms with Crippen LogP contribution in [0.2, 0.25) is 10.0 Å². The van der Waals surface area contributed by atoms with Gasteiger partial charge in [0.05, 0.1) is 22.8 Å². The van der Waals surface area contributed by atoms with Gasteiger partial charge in [-0.2, -0.15) is 5.10 Å². The van der Waals surface area contributed by atoms with Crippen LogP contribution in [0.3, 0.4) is 0 Å². The third-order valence-electron chi connectivity index (χ3n) is 4.67. The maximum absolute atomic E-state index is 12.2. The standard InChI is InChI=1S/C19H16Cl2N4O2/c1-27-11-4-5-12-13(7-11)19(25-6-2-3-18(25)26)24-23-17(12)8-14-15(20)9-22-10-16(14)21/h4-5,7,9-10H,2-3,6,8H2,1H3. The molecule has 3 aromatic rings. The highest BCUT2D eigenvalue weighted by Crippen LogP contribution is 2.34. The summed E-state index contributed by atoms with van der Waals surface area (Å²) in [6, 6.07) is 5.66. The molecule has 0 bridgehead atoms. The van der Waals surface area contributed by atoms with E-state index in [-0.39, 0.29) is 5.91 Å². The summed E-state index contributed by atoms with van der Waals surface area (Å²) in [7, 11) is 1.61. The molecule has 0 N–H and O–H groups in total. The van der Waals surface area contributed by atoms with Crippen molar-refractivity contribution in [2.45, 2.75) is 19.3 Å². The van der Waals surface area contributed by atoms with Gasteiger partial charge in [-0.05, 0) is 30.2 Å². The molecule has 0 atom stereocenters. The van der Waals surface area contributed by atoms with Crippen LogP contribution < -0.4 is 9.64 Å². The summed E-state index contributed by atoms with van der Waals surface area (Å²) >= 11 is 12.5. The number of anilines is 1. The quantitative estimate of drug-likeness (QED) is 0.657. The summed E-state index contributed by atoms with van der Waals surface area (Å²) in [6.07, 6.45) is 4.86. The van der Waals surface area contributed by atoms with Crippen molar-refractivity contribution in [3.63, 3.8) is 0 Å². The predicted octanol–water partition coefficient (Wildman–Crippen LogP) is 4.06. The Morgan fingerprint density at radius 2 is 1.93 bits per heavy atom. The van der Waals surface area contributed by atoms with Crippen molar-refractivity contribution in [3.8, 4) is 5.75 Å². The van der Waals surface area contributed by atoms with Gasteiger partial charge < -0.3 is 4.74 Å². The average Bonchev–Trinajstić information content (AvgIpc) is 3.10. The first kappa shape index (κ1) is 17.9. The van der Waals surface area contributed by atoms with Crippen LogP contribution >= 0.6 is 23.2 Å². The van der Waals surface area contributed by atoms with Gasteiger partial charge in [-0.3, -0.25) is 14.7 Å². The number of amides is 1. The van der Waals surface area contributed by atoms with Gasteiger partial charge in [0, 0.05) is 42.6 Å². The largest absolute Gasteiger partial charge is 0.497 e. The van der Waals surface area contributed by atoms with Crippen LogP contribution in [-0.4, -0.2) is 34.7 Å². The lowest BCUT2D eigenvalue weighted by atomic mass is 10.0. The number of hydrogen-bond donors (Lipinski definition) is 0. The topological polar surface area (TPSA) is 68.2 Å². The van der Waals surface area contributed by atoms with Gasteiger partial charge in [0.2, 0.25) is 5.91 Å². The Morgan fingerprint density at radius 1 is 1.15 bits per heavy atom. The smallest absolute Gasteiger partial charge is 0.228 e. The van der Waals surface area contributed by atoms with E-state index in [0.29, 0.717) is 41.0 Å². The fourth-order valence-electron chi connectivity index (χ4n) is 3.28. The minimum atomic E-state index is 0.0568. The van der Waals surface area contributed by atoms with Gasteiger partial charge in [0.1, 0.15) is 5.75 Å². The second-order valence-corrected chi connectivity index (χ2v) is 7.10. The molecule has 0 saturated carbocycles. The van der Waals surface area contributed by atoms with Crippen LogP contribution in [-0.2, 0) is 11.2 Å². The molecule has 4 rings (SSSR count). The van der Waals surface area contributed by atoms with Crippen LogP contribution in [0.5, 0.6) is 5.75 Å². The molecular formula is C19H16Cl2N4O2. The zero-order valence-corrected chi connectivity index (χ0v) is 16.1. The zero-order valence-electron chi connectivity index (χ0n) is 14.6. The molecule has 2 aromatic heterocycles. The molecule has 1 amide bonds. The molecule has 1 aliphatic rings. The number of pyridine rings is 1. The first-order chi connectivity index (χ1) is 13.1. The molecule has 27 heavy (non-hydrogen) atoms. The molecular weight excluding hydrogens is 387 g/mol. The summed E-state index contributed by atoms with van der Waals surface area (Å²) in [5.41, 5.74) is 1.46. The maximum atomic E-state index is 12.2. The van der Waals surface area contributed by atoms with E-state index in [2.05, 4.69) is 15.2 Å². The van der Waals surface area contributed by atoms with Crippen molar-refractivity contribution in [2.75, 3.05) is 18.6 Å². The second-order valence-electron chi connectivity index (χ2n) is 6.29. The second kappa shape index (κ2) is 7.29. The summed E-state index contributed by atoms with van der Waals surface area (Å²) in [5, 5.41) is 11.4. The SMILES string of the molecule is COc1ccc2c(Cc3c(Cl)cncc3Cl)nnc(N3CCCC3=O)c2c1.